The molecule has 2 rings (SSSR count). The largest absolute Gasteiger partial charge is 0.463 e. The highest BCUT2D eigenvalue weighted by Gasteiger charge is 2.22. The van der Waals surface area contributed by atoms with Gasteiger partial charge in [-0.1, -0.05) is 26.5 Å². The number of esters is 1. The Hall–Kier alpha value is -1.51. The van der Waals surface area contributed by atoms with E-state index in [4.69, 9.17) is 4.74 Å². The first-order chi connectivity index (χ1) is 9.90. The van der Waals surface area contributed by atoms with Crippen LogP contribution in [0.2, 0.25) is 0 Å². The Balaban J connectivity index is 0. The number of allylic oxidation sites excluding steroid dienone is 2. The van der Waals surface area contributed by atoms with Gasteiger partial charge in [0.1, 0.15) is 0 Å². The van der Waals surface area contributed by atoms with E-state index in [9.17, 15) is 4.79 Å². The Labute approximate surface area is 143 Å². The summed E-state index contributed by atoms with van der Waals surface area (Å²) in [5.74, 6) is 0.0739. The van der Waals surface area contributed by atoms with Gasteiger partial charge in [0.15, 0.2) is 0 Å². The third-order valence-electron chi connectivity index (χ3n) is 3.55. The summed E-state index contributed by atoms with van der Waals surface area (Å²) in [6.45, 7) is 10.2. The van der Waals surface area contributed by atoms with Crippen molar-refractivity contribution in [2.75, 3.05) is 0 Å². The number of hydrogen-bond acceptors (Lipinski definition) is 2. The predicted molar refractivity (Wildman–Crippen MR) is 101 cm³/mol. The van der Waals surface area contributed by atoms with Gasteiger partial charge in [-0.2, -0.15) is 0 Å². The summed E-state index contributed by atoms with van der Waals surface area (Å²) in [7, 11) is 0. The Morgan fingerprint density at radius 1 is 1.17 bits per heavy atom. The number of ether oxygens (including phenoxy) is 1. The third-order valence-corrected chi connectivity index (χ3v) is 3.55. The molecule has 1 aliphatic rings. The SMILES string of the molecule is C.C.CC(C)n1cccc1.CC1=CC[C@H](C(=O)OC(C)C)CC1. The molecule has 0 radical (unpaired) electrons. The van der Waals surface area contributed by atoms with Gasteiger partial charge in [-0.25, -0.2) is 0 Å². The average molecular weight is 324 g/mol. The van der Waals surface area contributed by atoms with Gasteiger partial charge < -0.3 is 9.30 Å². The predicted octanol–water partition coefficient (Wildman–Crippen LogP) is 6.03. The molecule has 0 bridgehead atoms. The average Bonchev–Trinajstić information content (AvgIpc) is 2.93. The number of aromatic nitrogens is 1. The van der Waals surface area contributed by atoms with E-state index in [1.54, 1.807) is 0 Å². The molecule has 1 aliphatic carbocycles. The topological polar surface area (TPSA) is 31.2 Å². The van der Waals surface area contributed by atoms with Gasteiger partial charge in [-0.15, -0.1) is 0 Å². The van der Waals surface area contributed by atoms with Crippen molar-refractivity contribution in [3.8, 4) is 0 Å². The number of nitrogens with zero attached hydrogens (tertiary/aromatic N) is 1. The monoisotopic (exact) mass is 323 g/mol. The van der Waals surface area contributed by atoms with Crippen molar-refractivity contribution in [3.63, 3.8) is 0 Å². The van der Waals surface area contributed by atoms with Crippen molar-refractivity contribution < 1.29 is 9.53 Å². The molecule has 3 heteroatoms. The fraction of sp³-hybridized carbons (Fsp3) is 0.650. The molecule has 3 nitrogen and oxygen atoms in total. The molecule has 0 unspecified atom stereocenters. The normalized spacial score (nSPS) is 16.5. The molecule has 0 spiro atoms. The van der Waals surface area contributed by atoms with Crippen molar-refractivity contribution in [3.05, 3.63) is 36.2 Å². The molecule has 1 aromatic rings. The van der Waals surface area contributed by atoms with Crippen LogP contribution in [0.5, 0.6) is 0 Å². The summed E-state index contributed by atoms with van der Waals surface area (Å²) in [5.41, 5.74) is 1.40. The molecule has 134 valence electrons. The Morgan fingerprint density at radius 3 is 2.09 bits per heavy atom. The standard InChI is InChI=1S/C11H18O2.C7H11N.2CH4/c1-8(2)13-11(12)10-6-4-9(3)5-7-10;1-7(2)8-5-3-4-6-8;;/h4,8,10H,5-7H2,1-3H3;3-7H,1-2H3;2*1H4/t10-;;;/m0.../s1. The molecule has 0 N–H and O–H groups in total. The van der Waals surface area contributed by atoms with Gasteiger partial charge >= 0.3 is 5.97 Å². The fourth-order valence-corrected chi connectivity index (χ4v) is 2.20. The summed E-state index contributed by atoms with van der Waals surface area (Å²) in [5, 5.41) is 0. The summed E-state index contributed by atoms with van der Waals surface area (Å²) in [6.07, 6.45) is 9.16. The summed E-state index contributed by atoms with van der Waals surface area (Å²) < 4.78 is 7.32. The lowest BCUT2D eigenvalue weighted by molar-refractivity contribution is -0.152. The van der Waals surface area contributed by atoms with Crippen molar-refractivity contribution >= 4 is 5.97 Å². The van der Waals surface area contributed by atoms with Crippen molar-refractivity contribution in [1.82, 2.24) is 4.57 Å². The molecule has 0 saturated heterocycles. The minimum atomic E-state index is -0.0289. The second-order valence-corrected chi connectivity index (χ2v) is 6.23. The van der Waals surface area contributed by atoms with Gasteiger partial charge in [0, 0.05) is 18.4 Å². The van der Waals surface area contributed by atoms with E-state index in [1.165, 1.54) is 5.57 Å². The smallest absolute Gasteiger partial charge is 0.309 e. The second-order valence-electron chi connectivity index (χ2n) is 6.23. The lowest BCUT2D eigenvalue weighted by Gasteiger charge is -2.20. The van der Waals surface area contributed by atoms with Gasteiger partial charge in [0.05, 0.1) is 12.0 Å². The molecule has 0 aliphatic heterocycles. The molecule has 0 fully saturated rings. The van der Waals surface area contributed by atoms with Gasteiger partial charge in [-0.3, -0.25) is 4.79 Å². The maximum Gasteiger partial charge on any atom is 0.309 e. The number of carbonyl (C=O) groups is 1. The zero-order valence-electron chi connectivity index (χ0n) is 14.0. The first kappa shape index (κ1) is 23.8. The highest BCUT2D eigenvalue weighted by Crippen LogP contribution is 2.24. The second kappa shape index (κ2) is 12.0. The summed E-state index contributed by atoms with van der Waals surface area (Å²) in [4.78, 5) is 11.5. The molecule has 23 heavy (non-hydrogen) atoms. The maximum absolute atomic E-state index is 11.5. The lowest BCUT2D eigenvalue weighted by atomic mass is 9.90. The minimum Gasteiger partial charge on any atom is -0.463 e. The molecule has 0 aromatic carbocycles. The maximum atomic E-state index is 11.5. The first-order valence-electron chi connectivity index (χ1n) is 7.88. The van der Waals surface area contributed by atoms with Crippen LogP contribution in [0.3, 0.4) is 0 Å². The number of carbonyl (C=O) groups excluding carboxylic acids is 1. The fourth-order valence-electron chi connectivity index (χ4n) is 2.20. The highest BCUT2D eigenvalue weighted by molar-refractivity contribution is 5.73. The summed E-state index contributed by atoms with van der Waals surface area (Å²) >= 11 is 0. The Bertz CT molecular complexity index is 444. The van der Waals surface area contributed by atoms with Crippen LogP contribution in [0.25, 0.3) is 0 Å². The van der Waals surface area contributed by atoms with Crippen molar-refractivity contribution in [2.45, 2.75) is 80.9 Å². The van der Waals surface area contributed by atoms with Crippen LogP contribution in [0.15, 0.2) is 36.2 Å². The molecular weight excluding hydrogens is 286 g/mol. The minimum absolute atomic E-state index is 0. The zero-order chi connectivity index (χ0) is 15.8. The molecule has 0 saturated carbocycles. The zero-order valence-corrected chi connectivity index (χ0v) is 14.0. The van der Waals surface area contributed by atoms with Crippen LogP contribution in [0.1, 0.15) is 74.8 Å². The number of rotatable bonds is 3. The van der Waals surface area contributed by atoms with Crippen LogP contribution in [0, 0.1) is 5.92 Å². The molecule has 1 atom stereocenters. The van der Waals surface area contributed by atoms with E-state index in [-0.39, 0.29) is 32.8 Å². The van der Waals surface area contributed by atoms with Crippen LogP contribution < -0.4 is 0 Å². The van der Waals surface area contributed by atoms with Gasteiger partial charge in [0.25, 0.3) is 0 Å². The number of hydrogen-bond donors (Lipinski definition) is 0. The van der Waals surface area contributed by atoms with Gasteiger partial charge in [-0.05, 0) is 66.0 Å². The van der Waals surface area contributed by atoms with Crippen LogP contribution in [0.4, 0.5) is 0 Å². The van der Waals surface area contributed by atoms with E-state index in [0.717, 1.165) is 19.3 Å². The van der Waals surface area contributed by atoms with Crippen molar-refractivity contribution in [1.29, 1.82) is 0 Å². The van der Waals surface area contributed by atoms with Crippen LogP contribution >= 0.6 is 0 Å². The lowest BCUT2D eigenvalue weighted by Crippen LogP contribution is -2.22. The van der Waals surface area contributed by atoms with Gasteiger partial charge in [0.2, 0.25) is 0 Å². The molecule has 1 heterocycles. The van der Waals surface area contributed by atoms with Crippen LogP contribution in [-0.2, 0) is 9.53 Å². The van der Waals surface area contributed by atoms with E-state index < -0.39 is 0 Å². The Morgan fingerprint density at radius 2 is 1.74 bits per heavy atom. The first-order valence-corrected chi connectivity index (χ1v) is 7.88. The summed E-state index contributed by atoms with van der Waals surface area (Å²) in [6, 6.07) is 4.69. The molecule has 0 amide bonds. The van der Waals surface area contributed by atoms with E-state index in [0.29, 0.717) is 6.04 Å². The van der Waals surface area contributed by atoms with E-state index in [1.807, 2.05) is 26.0 Å². The Kier molecular flexibility index (Phi) is 12.4. The van der Waals surface area contributed by atoms with E-state index >= 15 is 0 Å². The quantitative estimate of drug-likeness (QED) is 0.502. The molecule has 1 aromatic heterocycles. The van der Waals surface area contributed by atoms with Crippen LogP contribution in [-0.4, -0.2) is 16.6 Å². The van der Waals surface area contributed by atoms with Crippen molar-refractivity contribution in [2.24, 2.45) is 5.92 Å². The third kappa shape index (κ3) is 9.27. The molecular formula is C20H37NO2. The highest BCUT2D eigenvalue weighted by atomic mass is 16.5. The van der Waals surface area contributed by atoms with E-state index in [2.05, 4.69) is 43.8 Å².